The molecule has 1 aliphatic rings. The second-order valence-electron chi connectivity index (χ2n) is 9.87. The van der Waals surface area contributed by atoms with Gasteiger partial charge in [0.2, 0.25) is 0 Å². The highest BCUT2D eigenvalue weighted by molar-refractivity contribution is 5.83. The number of carbonyl (C=O) groups is 1. The van der Waals surface area contributed by atoms with E-state index in [4.69, 9.17) is 18.9 Å². The van der Waals surface area contributed by atoms with Crippen molar-refractivity contribution in [2.24, 2.45) is 0 Å². The summed E-state index contributed by atoms with van der Waals surface area (Å²) in [5.41, 5.74) is 0.753. The lowest BCUT2D eigenvalue weighted by molar-refractivity contribution is -0.0947. The fraction of sp³-hybridized carbons (Fsp3) is 0.242. The van der Waals surface area contributed by atoms with Gasteiger partial charge in [-0.15, -0.1) is 0 Å². The van der Waals surface area contributed by atoms with Crippen LogP contribution in [0, 0.1) is 0 Å². The molecule has 1 fully saturated rings. The Kier molecular flexibility index (Phi) is 9.31. The Bertz CT molecular complexity index is 1550. The van der Waals surface area contributed by atoms with Crippen LogP contribution < -0.4 is 15.7 Å². The summed E-state index contributed by atoms with van der Waals surface area (Å²) in [6, 6.07) is 28.7. The predicted octanol–water partition coefficient (Wildman–Crippen LogP) is 4.64. The first-order valence-electron chi connectivity index (χ1n) is 13.8. The van der Waals surface area contributed by atoms with E-state index in [1.165, 1.54) is 22.9 Å². The number of para-hydroxylation sites is 1. The summed E-state index contributed by atoms with van der Waals surface area (Å²) in [6.45, 7) is 3.50. The molecule has 2 N–H and O–H groups in total. The van der Waals surface area contributed by atoms with Crippen molar-refractivity contribution in [3.8, 4) is 5.75 Å². The van der Waals surface area contributed by atoms with E-state index in [1.807, 2.05) is 84.9 Å². The number of methoxy groups -OCH3 is 1. The minimum Gasteiger partial charge on any atom is -0.496 e. The van der Waals surface area contributed by atoms with Crippen molar-refractivity contribution in [2.45, 2.75) is 30.5 Å². The van der Waals surface area contributed by atoms with Crippen LogP contribution in [0.1, 0.15) is 29.3 Å². The van der Waals surface area contributed by atoms with Gasteiger partial charge in [0.15, 0.2) is 0 Å². The fourth-order valence-corrected chi connectivity index (χ4v) is 5.22. The number of hydrogen-bond donors (Lipinski definition) is 2. The number of amides is 1. The van der Waals surface area contributed by atoms with E-state index >= 15 is 0 Å². The van der Waals surface area contributed by atoms with Crippen molar-refractivity contribution < 1.29 is 28.8 Å². The van der Waals surface area contributed by atoms with E-state index in [0.717, 1.165) is 16.7 Å². The monoisotopic (exact) mass is 583 g/mol. The lowest BCUT2D eigenvalue weighted by atomic mass is 9.79. The van der Waals surface area contributed by atoms with Gasteiger partial charge in [-0.2, -0.15) is 4.98 Å². The van der Waals surface area contributed by atoms with Gasteiger partial charge in [-0.1, -0.05) is 91.5 Å². The van der Waals surface area contributed by atoms with Gasteiger partial charge in [0.05, 0.1) is 19.8 Å². The van der Waals surface area contributed by atoms with Gasteiger partial charge in [0, 0.05) is 18.2 Å². The number of nitrogens with one attached hydrogen (secondary N) is 1. The summed E-state index contributed by atoms with van der Waals surface area (Å²) in [5, 5.41) is 13.4. The predicted molar refractivity (Wildman–Crippen MR) is 160 cm³/mol. The molecule has 1 saturated heterocycles. The Labute approximate surface area is 249 Å². The third-order valence-electron chi connectivity index (χ3n) is 7.22. The van der Waals surface area contributed by atoms with Gasteiger partial charge in [-0.3, -0.25) is 9.88 Å². The summed E-state index contributed by atoms with van der Waals surface area (Å²) >= 11 is 0. The highest BCUT2D eigenvalue weighted by Crippen LogP contribution is 2.45. The van der Waals surface area contributed by atoms with Crippen molar-refractivity contribution in [3.63, 3.8) is 0 Å². The maximum atomic E-state index is 12.8. The number of aromatic nitrogens is 2. The van der Waals surface area contributed by atoms with E-state index < -0.39 is 35.8 Å². The average Bonchev–Trinajstić information content (AvgIpc) is 3.41. The fourth-order valence-electron chi connectivity index (χ4n) is 5.22. The molecule has 0 bridgehead atoms. The van der Waals surface area contributed by atoms with E-state index in [-0.39, 0.29) is 25.5 Å². The first-order valence-corrected chi connectivity index (χ1v) is 13.8. The number of hydrogen-bond acceptors (Lipinski definition) is 8. The summed E-state index contributed by atoms with van der Waals surface area (Å²) in [6.07, 6.45) is -0.220. The Morgan fingerprint density at radius 1 is 1.07 bits per heavy atom. The normalized spacial score (nSPS) is 18.1. The van der Waals surface area contributed by atoms with Crippen molar-refractivity contribution in [2.75, 3.05) is 25.6 Å². The van der Waals surface area contributed by atoms with Crippen LogP contribution >= 0.6 is 0 Å². The molecule has 3 aromatic carbocycles. The molecule has 10 heteroatoms. The Morgan fingerprint density at radius 3 is 2.35 bits per heavy atom. The van der Waals surface area contributed by atoms with Gasteiger partial charge in [-0.25, -0.2) is 9.59 Å². The van der Waals surface area contributed by atoms with Gasteiger partial charge in [0.25, 0.3) is 0 Å². The second-order valence-corrected chi connectivity index (χ2v) is 9.87. The van der Waals surface area contributed by atoms with Crippen LogP contribution in [0.3, 0.4) is 0 Å². The van der Waals surface area contributed by atoms with Gasteiger partial charge in [0.1, 0.15) is 36.1 Å². The molecule has 43 heavy (non-hydrogen) atoms. The van der Waals surface area contributed by atoms with Crippen molar-refractivity contribution in [3.05, 3.63) is 137 Å². The molecule has 1 aliphatic heterocycles. The number of benzene rings is 3. The number of rotatable bonds is 11. The minimum atomic E-state index is -1.11. The zero-order valence-electron chi connectivity index (χ0n) is 23.7. The number of ether oxygens (including phenoxy) is 4. The average molecular weight is 584 g/mol. The summed E-state index contributed by atoms with van der Waals surface area (Å²) < 4.78 is 24.9. The maximum Gasteiger partial charge on any atom is 0.413 e. The molecule has 1 amide bonds. The Balaban J connectivity index is 1.42. The van der Waals surface area contributed by atoms with Crippen molar-refractivity contribution in [1.29, 1.82) is 0 Å². The molecular weight excluding hydrogens is 550 g/mol. The molecule has 3 atom stereocenters. The van der Waals surface area contributed by atoms with Crippen LogP contribution in [-0.4, -0.2) is 53.3 Å². The first-order chi connectivity index (χ1) is 21.0. The molecule has 5 rings (SSSR count). The van der Waals surface area contributed by atoms with Crippen LogP contribution in [0.15, 0.2) is 115 Å². The number of anilines is 1. The molecule has 1 unspecified atom stereocenters. The highest BCUT2D eigenvalue weighted by Gasteiger charge is 2.43. The molecule has 1 aromatic heterocycles. The SMILES string of the molecule is C=CCOC(=O)Nc1ccn([C@H]2CC(O)[C@@H](COC(c3ccccc3)(c3ccccc3)c3ccccc3OC)O2)c(=O)n1. The number of aliphatic hydroxyl groups is 1. The summed E-state index contributed by atoms with van der Waals surface area (Å²) in [7, 11) is 1.62. The minimum absolute atomic E-state index is 0.00351. The molecule has 4 aromatic rings. The second kappa shape index (κ2) is 13.5. The quantitative estimate of drug-likeness (QED) is 0.194. The van der Waals surface area contributed by atoms with Crippen LogP contribution in [-0.2, 0) is 19.8 Å². The topological polar surface area (TPSA) is 121 Å². The molecule has 222 valence electrons. The smallest absolute Gasteiger partial charge is 0.413 e. The van der Waals surface area contributed by atoms with Gasteiger partial charge in [-0.05, 0) is 23.3 Å². The molecule has 0 radical (unpaired) electrons. The first kappa shape index (κ1) is 29.7. The number of aliphatic hydroxyl groups excluding tert-OH is 1. The lowest BCUT2D eigenvalue weighted by Gasteiger charge is -2.37. The number of carbonyl (C=O) groups excluding carboxylic acids is 1. The Morgan fingerprint density at radius 2 is 1.72 bits per heavy atom. The highest BCUT2D eigenvalue weighted by atomic mass is 16.6. The van der Waals surface area contributed by atoms with Crippen LogP contribution in [0.25, 0.3) is 0 Å². The molecule has 0 spiro atoms. The van der Waals surface area contributed by atoms with Crippen LogP contribution in [0.2, 0.25) is 0 Å². The zero-order valence-corrected chi connectivity index (χ0v) is 23.7. The molecule has 0 saturated carbocycles. The standard InChI is InChI=1S/C33H33N3O7/c1-3-20-41-32(39)35-29-18-19-36(31(38)34-29)30-21-26(37)28(43-30)22-42-33(23-12-6-4-7-13-23,24-14-8-5-9-15-24)25-16-10-11-17-27(25)40-2/h3-19,26,28,30,37H,1,20-22H2,2H3,(H,34,35,38,39)/t26?,28-,30-/m1/s1. The van der Waals surface area contributed by atoms with E-state index in [0.29, 0.717) is 5.75 Å². The molecule has 2 heterocycles. The zero-order chi connectivity index (χ0) is 30.2. The van der Waals surface area contributed by atoms with Crippen LogP contribution in [0.4, 0.5) is 10.6 Å². The maximum absolute atomic E-state index is 12.8. The van der Waals surface area contributed by atoms with Gasteiger partial charge >= 0.3 is 11.8 Å². The largest absolute Gasteiger partial charge is 0.496 e. The van der Waals surface area contributed by atoms with E-state index in [2.05, 4.69) is 16.9 Å². The summed E-state index contributed by atoms with van der Waals surface area (Å²) in [4.78, 5) is 28.5. The number of nitrogens with zero attached hydrogens (tertiary/aromatic N) is 2. The molecular formula is C33H33N3O7. The van der Waals surface area contributed by atoms with Crippen molar-refractivity contribution in [1.82, 2.24) is 9.55 Å². The molecule has 0 aliphatic carbocycles. The van der Waals surface area contributed by atoms with E-state index in [1.54, 1.807) is 7.11 Å². The third kappa shape index (κ3) is 6.36. The van der Waals surface area contributed by atoms with Gasteiger partial charge < -0.3 is 24.1 Å². The third-order valence-corrected chi connectivity index (χ3v) is 7.22. The molecule has 10 nitrogen and oxygen atoms in total. The van der Waals surface area contributed by atoms with Crippen molar-refractivity contribution >= 4 is 11.9 Å². The van der Waals surface area contributed by atoms with E-state index in [9.17, 15) is 14.7 Å². The lowest BCUT2D eigenvalue weighted by Crippen LogP contribution is -2.38. The van der Waals surface area contributed by atoms with Crippen LogP contribution in [0.5, 0.6) is 5.75 Å². The Hall–Kier alpha value is -4.77. The summed E-state index contributed by atoms with van der Waals surface area (Å²) in [5.74, 6) is 0.668.